The number of hydrogen-bond acceptors (Lipinski definition) is 2. The Hall–Kier alpha value is -0.730. The van der Waals surface area contributed by atoms with E-state index >= 15 is 0 Å². The monoisotopic (exact) mass is 282 g/mol. The molecule has 1 aliphatic rings. The Labute approximate surface area is 120 Å². The molecule has 0 aromatic heterocycles. The summed E-state index contributed by atoms with van der Waals surface area (Å²) >= 11 is 6.22. The Bertz CT molecular complexity index is 431. The first-order valence-electron chi connectivity index (χ1n) is 7.11. The molecule has 0 bridgehead atoms. The molecule has 2 rings (SSSR count). The van der Waals surface area contributed by atoms with Crippen LogP contribution >= 0.6 is 11.6 Å². The minimum absolute atomic E-state index is 0.265. The molecular weight excluding hydrogens is 260 g/mol. The Kier molecular flexibility index (Phi) is 4.75. The topological polar surface area (TPSA) is 29.5 Å². The van der Waals surface area contributed by atoms with Gasteiger partial charge >= 0.3 is 0 Å². The molecule has 0 saturated heterocycles. The number of hydrogen-bond donors (Lipinski definition) is 1. The van der Waals surface area contributed by atoms with Gasteiger partial charge in [-0.3, -0.25) is 0 Å². The van der Waals surface area contributed by atoms with Gasteiger partial charge in [0.1, 0.15) is 5.75 Å². The van der Waals surface area contributed by atoms with E-state index in [0.29, 0.717) is 10.9 Å². The maximum atomic E-state index is 9.52. The van der Waals surface area contributed by atoms with Gasteiger partial charge in [0.15, 0.2) is 0 Å². The van der Waals surface area contributed by atoms with Crippen LogP contribution in [0.4, 0.5) is 0 Å². The molecule has 0 heterocycles. The molecule has 1 fully saturated rings. The van der Waals surface area contributed by atoms with Crippen molar-refractivity contribution in [2.24, 2.45) is 11.8 Å². The minimum atomic E-state index is -0.498. The van der Waals surface area contributed by atoms with Crippen LogP contribution in [0.25, 0.3) is 0 Å². The molecule has 2 nitrogen and oxygen atoms in total. The fourth-order valence-electron chi connectivity index (χ4n) is 2.66. The van der Waals surface area contributed by atoms with E-state index in [1.165, 1.54) is 6.42 Å². The van der Waals surface area contributed by atoms with Crippen LogP contribution in [-0.4, -0.2) is 11.2 Å². The lowest BCUT2D eigenvalue weighted by atomic mass is 9.80. The van der Waals surface area contributed by atoms with Crippen molar-refractivity contribution in [2.75, 3.05) is 0 Å². The third kappa shape index (κ3) is 3.64. The van der Waals surface area contributed by atoms with E-state index in [1.54, 1.807) is 13.0 Å². The van der Waals surface area contributed by atoms with Crippen LogP contribution in [0.1, 0.15) is 51.7 Å². The summed E-state index contributed by atoms with van der Waals surface area (Å²) in [6, 6.07) is 5.53. The van der Waals surface area contributed by atoms with Crippen molar-refractivity contribution in [3.8, 4) is 5.75 Å². The molecular formula is C16H23ClO2. The Morgan fingerprint density at radius 1 is 1.26 bits per heavy atom. The second-order valence-electron chi connectivity index (χ2n) is 5.87. The molecule has 106 valence electrons. The van der Waals surface area contributed by atoms with Crippen molar-refractivity contribution < 1.29 is 9.84 Å². The van der Waals surface area contributed by atoms with Gasteiger partial charge < -0.3 is 9.84 Å². The minimum Gasteiger partial charge on any atom is -0.489 e. The van der Waals surface area contributed by atoms with Crippen LogP contribution in [0.3, 0.4) is 0 Å². The molecule has 3 unspecified atom stereocenters. The highest BCUT2D eigenvalue weighted by Gasteiger charge is 2.26. The largest absolute Gasteiger partial charge is 0.489 e. The summed E-state index contributed by atoms with van der Waals surface area (Å²) in [5, 5.41) is 10.1. The second kappa shape index (κ2) is 6.15. The Balaban J connectivity index is 2.03. The zero-order valence-corrected chi connectivity index (χ0v) is 12.7. The highest BCUT2D eigenvalue weighted by molar-refractivity contribution is 6.32. The predicted molar refractivity (Wildman–Crippen MR) is 78.7 cm³/mol. The summed E-state index contributed by atoms with van der Waals surface area (Å²) in [5.74, 6) is 2.22. The molecule has 1 aliphatic carbocycles. The number of halogens is 1. The lowest BCUT2D eigenvalue weighted by Gasteiger charge is -2.32. The summed E-state index contributed by atoms with van der Waals surface area (Å²) in [6.45, 7) is 6.33. The molecule has 0 radical (unpaired) electrons. The van der Waals surface area contributed by atoms with Gasteiger partial charge in [-0.25, -0.2) is 0 Å². The summed E-state index contributed by atoms with van der Waals surface area (Å²) in [6.07, 6.45) is 3.17. The first-order valence-corrected chi connectivity index (χ1v) is 7.49. The lowest BCUT2D eigenvalue weighted by Crippen LogP contribution is -2.28. The van der Waals surface area contributed by atoms with E-state index in [-0.39, 0.29) is 6.10 Å². The van der Waals surface area contributed by atoms with E-state index in [1.807, 2.05) is 12.1 Å². The SMILES string of the molecule is CC1CCC(Oc2ccc([C@@H](C)O)cc2Cl)CC1C. The van der Waals surface area contributed by atoms with E-state index in [4.69, 9.17) is 16.3 Å². The molecule has 0 amide bonds. The van der Waals surface area contributed by atoms with Gasteiger partial charge in [0.25, 0.3) is 0 Å². The maximum Gasteiger partial charge on any atom is 0.138 e. The molecule has 3 heteroatoms. The van der Waals surface area contributed by atoms with Crippen LogP contribution in [-0.2, 0) is 0 Å². The average molecular weight is 283 g/mol. The molecule has 1 aromatic rings. The first-order chi connectivity index (χ1) is 8.97. The number of ether oxygens (including phenoxy) is 1. The van der Waals surface area contributed by atoms with Crippen molar-refractivity contribution in [3.05, 3.63) is 28.8 Å². The van der Waals surface area contributed by atoms with Crippen LogP contribution in [0.15, 0.2) is 18.2 Å². The van der Waals surface area contributed by atoms with Gasteiger partial charge in [0, 0.05) is 0 Å². The lowest BCUT2D eigenvalue weighted by molar-refractivity contribution is 0.101. The first kappa shape index (κ1) is 14.7. The highest BCUT2D eigenvalue weighted by atomic mass is 35.5. The number of benzene rings is 1. The summed E-state index contributed by atoms with van der Waals surface area (Å²) < 4.78 is 6.03. The third-order valence-corrected chi connectivity index (χ3v) is 4.58. The summed E-state index contributed by atoms with van der Waals surface area (Å²) in [7, 11) is 0. The molecule has 0 spiro atoms. The molecule has 1 saturated carbocycles. The van der Waals surface area contributed by atoms with Crippen LogP contribution in [0.2, 0.25) is 5.02 Å². The van der Waals surface area contributed by atoms with E-state index in [2.05, 4.69) is 13.8 Å². The Morgan fingerprint density at radius 3 is 2.58 bits per heavy atom. The molecule has 1 aromatic carbocycles. The zero-order chi connectivity index (χ0) is 14.0. The van der Waals surface area contributed by atoms with Crippen LogP contribution in [0.5, 0.6) is 5.75 Å². The van der Waals surface area contributed by atoms with Crippen LogP contribution < -0.4 is 4.74 Å². The average Bonchev–Trinajstić information content (AvgIpc) is 2.36. The number of aliphatic hydroxyl groups excluding tert-OH is 1. The Morgan fingerprint density at radius 2 is 2.00 bits per heavy atom. The van der Waals surface area contributed by atoms with Gasteiger partial charge in [-0.1, -0.05) is 31.5 Å². The van der Waals surface area contributed by atoms with Crippen molar-refractivity contribution in [3.63, 3.8) is 0 Å². The zero-order valence-electron chi connectivity index (χ0n) is 11.9. The number of rotatable bonds is 3. The van der Waals surface area contributed by atoms with Crippen molar-refractivity contribution >= 4 is 11.6 Å². The van der Waals surface area contributed by atoms with Gasteiger partial charge in [-0.15, -0.1) is 0 Å². The fraction of sp³-hybridized carbons (Fsp3) is 0.625. The molecule has 4 atom stereocenters. The quantitative estimate of drug-likeness (QED) is 0.878. The third-order valence-electron chi connectivity index (χ3n) is 4.28. The predicted octanol–water partition coefficient (Wildman–Crippen LogP) is 4.60. The van der Waals surface area contributed by atoms with Crippen LogP contribution in [0, 0.1) is 11.8 Å². The summed E-state index contributed by atoms with van der Waals surface area (Å²) in [4.78, 5) is 0. The fourth-order valence-corrected chi connectivity index (χ4v) is 2.89. The highest BCUT2D eigenvalue weighted by Crippen LogP contribution is 2.34. The standard InChI is InChI=1S/C16H23ClO2/c1-10-4-6-14(8-11(10)2)19-16-7-5-13(12(3)18)9-15(16)17/h5,7,9-12,14,18H,4,6,8H2,1-3H3/t10?,11?,12-,14?/m1/s1. The van der Waals surface area contributed by atoms with E-state index in [0.717, 1.165) is 30.1 Å². The normalized spacial score (nSPS) is 29.0. The van der Waals surface area contributed by atoms with Crippen molar-refractivity contribution in [1.29, 1.82) is 0 Å². The molecule has 0 aliphatic heterocycles. The van der Waals surface area contributed by atoms with Crippen molar-refractivity contribution in [2.45, 2.75) is 52.2 Å². The summed E-state index contributed by atoms with van der Waals surface area (Å²) in [5.41, 5.74) is 0.822. The maximum absolute atomic E-state index is 9.52. The second-order valence-corrected chi connectivity index (χ2v) is 6.28. The van der Waals surface area contributed by atoms with Gasteiger partial charge in [0.05, 0.1) is 17.2 Å². The van der Waals surface area contributed by atoms with Gasteiger partial charge in [-0.05, 0) is 55.7 Å². The smallest absolute Gasteiger partial charge is 0.138 e. The van der Waals surface area contributed by atoms with Gasteiger partial charge in [-0.2, -0.15) is 0 Å². The molecule has 19 heavy (non-hydrogen) atoms. The van der Waals surface area contributed by atoms with E-state index < -0.39 is 6.10 Å². The van der Waals surface area contributed by atoms with E-state index in [9.17, 15) is 5.11 Å². The number of aliphatic hydroxyl groups is 1. The molecule has 1 N–H and O–H groups in total. The van der Waals surface area contributed by atoms with Crippen molar-refractivity contribution in [1.82, 2.24) is 0 Å². The van der Waals surface area contributed by atoms with Gasteiger partial charge in [0.2, 0.25) is 0 Å².